The Bertz CT molecular complexity index is 439. The van der Waals surface area contributed by atoms with Crippen LogP contribution in [-0.4, -0.2) is 28.7 Å². The zero-order valence-corrected chi connectivity index (χ0v) is 12.5. The summed E-state index contributed by atoms with van der Waals surface area (Å²) in [6, 6.07) is 5.04. The number of hydrogen-bond donors (Lipinski definition) is 1. The first-order chi connectivity index (χ1) is 8.00. The van der Waals surface area contributed by atoms with E-state index >= 15 is 0 Å². The lowest BCUT2D eigenvalue weighted by molar-refractivity contribution is 0.0953. The van der Waals surface area contributed by atoms with Gasteiger partial charge in [0, 0.05) is 39.4 Å². The van der Waals surface area contributed by atoms with E-state index in [4.69, 9.17) is 11.6 Å². The average molecular weight is 339 g/mol. The van der Waals surface area contributed by atoms with Crippen LogP contribution in [0.5, 0.6) is 0 Å². The minimum absolute atomic E-state index is 0.165. The lowest BCUT2D eigenvalue weighted by atomic mass is 10.2. The summed E-state index contributed by atoms with van der Waals surface area (Å²) in [5.41, 5.74) is 0.524. The topological polar surface area (TPSA) is 46.2 Å². The largest absolute Gasteiger partial charge is 0.352 e. The summed E-state index contributed by atoms with van der Waals surface area (Å²) in [7, 11) is -0.810. The van der Waals surface area contributed by atoms with Crippen LogP contribution < -0.4 is 5.32 Å². The van der Waals surface area contributed by atoms with Crippen LogP contribution in [0.2, 0.25) is 5.02 Å². The molecular formula is C11H13BrClNO2S. The molecule has 0 aromatic heterocycles. The summed E-state index contributed by atoms with van der Waals surface area (Å²) in [5, 5.41) is 3.26. The van der Waals surface area contributed by atoms with Gasteiger partial charge in [0.25, 0.3) is 5.91 Å². The molecule has 0 aliphatic carbocycles. The molecule has 0 heterocycles. The van der Waals surface area contributed by atoms with Crippen molar-refractivity contribution in [3.63, 3.8) is 0 Å². The third-order valence-electron chi connectivity index (χ3n) is 2.08. The Hall–Kier alpha value is -0.390. The van der Waals surface area contributed by atoms with Crippen molar-refractivity contribution in [2.45, 2.75) is 6.42 Å². The van der Waals surface area contributed by atoms with Crippen LogP contribution >= 0.6 is 27.5 Å². The van der Waals surface area contributed by atoms with Crippen molar-refractivity contribution in [1.29, 1.82) is 0 Å². The zero-order chi connectivity index (χ0) is 12.8. The molecule has 1 aromatic rings. The SMILES string of the molecule is CS(=O)CCCNC(=O)c1ccc(Br)c(Cl)c1. The number of hydrogen-bond acceptors (Lipinski definition) is 2. The Morgan fingerprint density at radius 1 is 1.53 bits per heavy atom. The molecule has 1 N–H and O–H groups in total. The van der Waals surface area contributed by atoms with Gasteiger partial charge in [0.1, 0.15) is 0 Å². The number of nitrogens with one attached hydrogen (secondary N) is 1. The van der Waals surface area contributed by atoms with Gasteiger partial charge in [0.2, 0.25) is 0 Å². The molecule has 17 heavy (non-hydrogen) atoms. The lowest BCUT2D eigenvalue weighted by Gasteiger charge is -2.05. The van der Waals surface area contributed by atoms with E-state index in [1.807, 2.05) is 0 Å². The monoisotopic (exact) mass is 337 g/mol. The first kappa shape index (κ1) is 14.7. The molecule has 0 aliphatic heterocycles. The van der Waals surface area contributed by atoms with Gasteiger partial charge in [0.05, 0.1) is 5.02 Å². The van der Waals surface area contributed by atoms with E-state index in [1.165, 1.54) is 0 Å². The molecular weight excluding hydrogens is 326 g/mol. The summed E-state index contributed by atoms with van der Waals surface area (Å²) in [6.07, 6.45) is 2.36. The maximum Gasteiger partial charge on any atom is 0.251 e. The molecule has 1 amide bonds. The van der Waals surface area contributed by atoms with Crippen molar-refractivity contribution >= 4 is 44.2 Å². The zero-order valence-electron chi connectivity index (χ0n) is 9.33. The predicted octanol–water partition coefficient (Wildman–Crippen LogP) is 2.60. The van der Waals surface area contributed by atoms with Crippen LogP contribution in [0.25, 0.3) is 0 Å². The van der Waals surface area contributed by atoms with Gasteiger partial charge in [-0.3, -0.25) is 9.00 Å². The fraction of sp³-hybridized carbons (Fsp3) is 0.364. The highest BCUT2D eigenvalue weighted by Gasteiger charge is 2.07. The molecule has 1 aromatic carbocycles. The highest BCUT2D eigenvalue weighted by molar-refractivity contribution is 9.10. The van der Waals surface area contributed by atoms with Crippen molar-refractivity contribution in [3.05, 3.63) is 33.3 Å². The molecule has 0 fully saturated rings. The molecule has 0 saturated carbocycles. The van der Waals surface area contributed by atoms with Crippen molar-refractivity contribution in [2.75, 3.05) is 18.6 Å². The van der Waals surface area contributed by atoms with Crippen LogP contribution in [0, 0.1) is 0 Å². The van der Waals surface area contributed by atoms with Gasteiger partial charge in [-0.15, -0.1) is 0 Å². The summed E-state index contributed by atoms with van der Waals surface area (Å²) < 4.78 is 11.6. The van der Waals surface area contributed by atoms with E-state index in [-0.39, 0.29) is 5.91 Å². The third-order valence-corrected chi connectivity index (χ3v) is 4.17. The van der Waals surface area contributed by atoms with Crippen LogP contribution in [0.1, 0.15) is 16.8 Å². The normalized spacial score (nSPS) is 12.2. The van der Waals surface area contributed by atoms with Gasteiger partial charge < -0.3 is 5.32 Å². The van der Waals surface area contributed by atoms with Gasteiger partial charge in [0.15, 0.2) is 0 Å². The fourth-order valence-corrected chi connectivity index (χ4v) is 2.19. The van der Waals surface area contributed by atoms with E-state index in [9.17, 15) is 9.00 Å². The average Bonchev–Trinajstić information content (AvgIpc) is 2.27. The van der Waals surface area contributed by atoms with Gasteiger partial charge in [-0.05, 0) is 40.5 Å². The smallest absolute Gasteiger partial charge is 0.251 e. The molecule has 0 aliphatic rings. The Balaban J connectivity index is 2.47. The Kier molecular flexibility index (Phi) is 6.16. The standard InChI is InChI=1S/C11H13BrClNO2S/c1-17(16)6-2-5-14-11(15)8-3-4-9(12)10(13)7-8/h3-4,7H,2,5-6H2,1H3,(H,14,15). The van der Waals surface area contributed by atoms with Crippen LogP contribution in [0.3, 0.4) is 0 Å². The summed E-state index contributed by atoms with van der Waals surface area (Å²) in [6.45, 7) is 0.520. The number of carbonyl (C=O) groups excluding carboxylic acids is 1. The maximum absolute atomic E-state index is 11.7. The first-order valence-electron chi connectivity index (χ1n) is 5.04. The van der Waals surface area contributed by atoms with E-state index in [1.54, 1.807) is 24.5 Å². The maximum atomic E-state index is 11.7. The highest BCUT2D eigenvalue weighted by atomic mass is 79.9. The molecule has 0 spiro atoms. The van der Waals surface area contributed by atoms with Crippen LogP contribution in [0.4, 0.5) is 0 Å². The van der Waals surface area contributed by atoms with Gasteiger partial charge in [-0.2, -0.15) is 0 Å². The minimum atomic E-state index is -0.810. The molecule has 6 heteroatoms. The Morgan fingerprint density at radius 3 is 2.82 bits per heavy atom. The molecule has 3 nitrogen and oxygen atoms in total. The fourth-order valence-electron chi connectivity index (χ4n) is 1.22. The predicted molar refractivity (Wildman–Crippen MR) is 75.0 cm³/mol. The number of amides is 1. The lowest BCUT2D eigenvalue weighted by Crippen LogP contribution is -2.25. The summed E-state index contributed by atoms with van der Waals surface area (Å²) in [5.74, 6) is 0.433. The van der Waals surface area contributed by atoms with Gasteiger partial charge >= 0.3 is 0 Å². The van der Waals surface area contributed by atoms with Crippen molar-refractivity contribution in [3.8, 4) is 0 Å². The number of halogens is 2. The van der Waals surface area contributed by atoms with E-state index in [0.29, 0.717) is 29.3 Å². The first-order valence-corrected chi connectivity index (χ1v) is 7.94. The summed E-state index contributed by atoms with van der Waals surface area (Å²) in [4.78, 5) is 11.7. The quantitative estimate of drug-likeness (QED) is 0.839. The molecule has 0 saturated heterocycles. The minimum Gasteiger partial charge on any atom is -0.352 e. The van der Waals surface area contributed by atoms with Crippen LogP contribution in [-0.2, 0) is 10.8 Å². The van der Waals surface area contributed by atoms with E-state index in [2.05, 4.69) is 21.2 Å². The molecule has 1 unspecified atom stereocenters. The van der Waals surface area contributed by atoms with Crippen molar-refractivity contribution in [2.24, 2.45) is 0 Å². The molecule has 1 rings (SSSR count). The van der Waals surface area contributed by atoms with Gasteiger partial charge in [-0.25, -0.2) is 0 Å². The second-order valence-corrected chi connectivity index (χ2v) is 6.33. The van der Waals surface area contributed by atoms with E-state index in [0.717, 1.165) is 4.47 Å². The van der Waals surface area contributed by atoms with Crippen molar-refractivity contribution in [1.82, 2.24) is 5.32 Å². The second-order valence-electron chi connectivity index (χ2n) is 3.52. The highest BCUT2D eigenvalue weighted by Crippen LogP contribution is 2.23. The van der Waals surface area contributed by atoms with Crippen LogP contribution in [0.15, 0.2) is 22.7 Å². The Labute approximate surface area is 117 Å². The molecule has 0 radical (unpaired) electrons. The molecule has 1 atom stereocenters. The number of carbonyl (C=O) groups is 1. The third kappa shape index (κ3) is 5.19. The van der Waals surface area contributed by atoms with Gasteiger partial charge in [-0.1, -0.05) is 11.6 Å². The molecule has 94 valence electrons. The Morgan fingerprint density at radius 2 is 2.24 bits per heavy atom. The van der Waals surface area contributed by atoms with Crippen molar-refractivity contribution < 1.29 is 9.00 Å². The second kappa shape index (κ2) is 7.13. The number of rotatable bonds is 5. The summed E-state index contributed by atoms with van der Waals surface area (Å²) >= 11 is 9.15. The molecule has 0 bridgehead atoms. The van der Waals surface area contributed by atoms with E-state index < -0.39 is 10.8 Å². The number of benzene rings is 1.